The molecule has 0 aliphatic heterocycles. The molecule has 0 saturated heterocycles. The van der Waals surface area contributed by atoms with E-state index in [1.165, 1.54) is 173 Å². The van der Waals surface area contributed by atoms with E-state index in [2.05, 4.69) is 41.5 Å². The van der Waals surface area contributed by atoms with E-state index in [9.17, 15) is 43.2 Å². The van der Waals surface area contributed by atoms with Crippen LogP contribution in [0.1, 0.15) is 356 Å². The average molecular weight is 1310 g/mol. The number of unbranched alkanes of at least 4 members (excludes halogenated alkanes) is 39. The van der Waals surface area contributed by atoms with E-state index >= 15 is 0 Å². The standard InChI is InChI=1S/C70H136O17P2/c1-7-9-11-13-15-17-19-23-29-36-42-48-54-69(74)86-65(58-80-67(72)52-46-40-34-28-18-16-14-12-10-8-2)60-84-88(76,77)82-56-64(71)57-83-89(78,79)85-61-66(59-81-68(73)53-47-41-35-31-25-27-33-39-45-51-63(5)6)87-70(75)55-49-43-37-30-24-21-20-22-26-32-38-44-50-62(3)4/h62-66,71H,7-61H2,1-6H3,(H,76,77)(H,78,79)/t64-,65+,66+/m0/s1. The number of carbonyl (C=O) groups excluding carboxylic acids is 4. The highest BCUT2D eigenvalue weighted by Crippen LogP contribution is 2.45. The summed E-state index contributed by atoms with van der Waals surface area (Å²) in [4.78, 5) is 72.5. The van der Waals surface area contributed by atoms with Crippen LogP contribution in [-0.2, 0) is 65.4 Å². The molecule has 3 N–H and O–H groups in total. The molecule has 0 saturated carbocycles. The second kappa shape index (κ2) is 62.2. The molecule has 0 rings (SSSR count). The maximum absolute atomic E-state index is 13.0. The number of aliphatic hydroxyl groups excluding tert-OH is 1. The number of hydrogen-bond donors (Lipinski definition) is 3. The fourth-order valence-electron chi connectivity index (χ4n) is 10.6. The number of aliphatic hydroxyl groups is 1. The highest BCUT2D eigenvalue weighted by molar-refractivity contribution is 7.47. The first-order valence-electron chi connectivity index (χ1n) is 36.5. The Labute approximate surface area is 543 Å². The molecule has 2 unspecified atom stereocenters. The number of rotatable bonds is 69. The van der Waals surface area contributed by atoms with E-state index in [0.29, 0.717) is 25.7 Å². The Balaban J connectivity index is 5.25. The van der Waals surface area contributed by atoms with Crippen LogP contribution in [0.2, 0.25) is 0 Å². The van der Waals surface area contributed by atoms with Crippen molar-refractivity contribution in [2.45, 2.75) is 374 Å². The van der Waals surface area contributed by atoms with Gasteiger partial charge in [-0.25, -0.2) is 9.13 Å². The topological polar surface area (TPSA) is 237 Å². The van der Waals surface area contributed by atoms with E-state index in [0.717, 1.165) is 102 Å². The van der Waals surface area contributed by atoms with Crippen LogP contribution in [0.3, 0.4) is 0 Å². The summed E-state index contributed by atoms with van der Waals surface area (Å²) in [5.41, 5.74) is 0. The molecule has 0 aromatic heterocycles. The third kappa shape index (κ3) is 64.6. The Morgan fingerprint density at radius 1 is 0.303 bits per heavy atom. The van der Waals surface area contributed by atoms with Crippen molar-refractivity contribution < 1.29 is 80.2 Å². The number of hydrogen-bond acceptors (Lipinski definition) is 15. The second-order valence-electron chi connectivity index (χ2n) is 26.2. The van der Waals surface area contributed by atoms with Crippen molar-refractivity contribution in [3.8, 4) is 0 Å². The molecule has 89 heavy (non-hydrogen) atoms. The first kappa shape index (κ1) is 87.1. The van der Waals surface area contributed by atoms with E-state index in [1.807, 2.05) is 0 Å². The molecule has 0 fully saturated rings. The van der Waals surface area contributed by atoms with Crippen LogP contribution in [0, 0.1) is 11.8 Å². The molecular weight excluding hydrogens is 1170 g/mol. The third-order valence-corrected chi connectivity index (χ3v) is 18.1. The zero-order chi connectivity index (χ0) is 65.7. The monoisotopic (exact) mass is 1310 g/mol. The molecule has 0 spiro atoms. The van der Waals surface area contributed by atoms with Crippen LogP contribution in [-0.4, -0.2) is 96.7 Å². The normalized spacial score (nSPS) is 14.1. The number of esters is 4. The predicted molar refractivity (Wildman–Crippen MR) is 358 cm³/mol. The molecule has 0 aromatic carbocycles. The quantitative estimate of drug-likeness (QED) is 0.0222. The Kier molecular flexibility index (Phi) is 60.8. The van der Waals surface area contributed by atoms with Crippen LogP contribution < -0.4 is 0 Å². The lowest BCUT2D eigenvalue weighted by Gasteiger charge is -2.21. The third-order valence-electron chi connectivity index (χ3n) is 16.2. The lowest BCUT2D eigenvalue weighted by Crippen LogP contribution is -2.30. The fourth-order valence-corrected chi connectivity index (χ4v) is 12.2. The summed E-state index contributed by atoms with van der Waals surface area (Å²) >= 11 is 0. The van der Waals surface area contributed by atoms with Gasteiger partial charge in [-0.05, 0) is 37.5 Å². The molecule has 17 nitrogen and oxygen atoms in total. The van der Waals surface area contributed by atoms with E-state index in [4.69, 9.17) is 37.0 Å². The predicted octanol–water partition coefficient (Wildman–Crippen LogP) is 20.0. The highest BCUT2D eigenvalue weighted by atomic mass is 31.2. The van der Waals surface area contributed by atoms with Crippen LogP contribution >= 0.6 is 15.6 Å². The van der Waals surface area contributed by atoms with Gasteiger partial charge in [0.1, 0.15) is 19.3 Å². The molecule has 5 atom stereocenters. The molecular formula is C70H136O17P2. The lowest BCUT2D eigenvalue weighted by atomic mass is 10.0. The SMILES string of the molecule is CCCCCCCCCCCCCCC(=O)O[C@H](COC(=O)CCCCCCCCCCCC)COP(=O)(O)OC[C@H](O)COP(=O)(O)OC[C@@H](COC(=O)CCCCCCCCCCCC(C)C)OC(=O)CCCCCCCCCCCCCCC(C)C. The van der Waals surface area contributed by atoms with Crippen molar-refractivity contribution in [1.29, 1.82) is 0 Å². The molecule has 0 amide bonds. The van der Waals surface area contributed by atoms with Gasteiger partial charge in [0.25, 0.3) is 0 Å². The number of ether oxygens (including phenoxy) is 4. The minimum Gasteiger partial charge on any atom is -0.462 e. The average Bonchev–Trinajstić information content (AvgIpc) is 3.63. The molecule has 0 aromatic rings. The summed E-state index contributed by atoms with van der Waals surface area (Å²) in [6.07, 6.45) is 47.0. The van der Waals surface area contributed by atoms with Crippen LogP contribution in [0.4, 0.5) is 0 Å². The number of phosphoric ester groups is 2. The lowest BCUT2D eigenvalue weighted by molar-refractivity contribution is -0.161. The van der Waals surface area contributed by atoms with Gasteiger partial charge in [0, 0.05) is 25.7 Å². The van der Waals surface area contributed by atoms with Crippen LogP contribution in [0.25, 0.3) is 0 Å². The van der Waals surface area contributed by atoms with E-state index in [1.54, 1.807) is 0 Å². The smallest absolute Gasteiger partial charge is 0.462 e. The van der Waals surface area contributed by atoms with Gasteiger partial charge in [-0.1, -0.05) is 305 Å². The highest BCUT2D eigenvalue weighted by Gasteiger charge is 2.30. The maximum Gasteiger partial charge on any atom is 0.472 e. The van der Waals surface area contributed by atoms with Crippen molar-refractivity contribution in [2.75, 3.05) is 39.6 Å². The minimum absolute atomic E-state index is 0.106. The Hall–Kier alpha value is -1.94. The summed E-state index contributed by atoms with van der Waals surface area (Å²) < 4.78 is 68.3. The molecule has 0 bridgehead atoms. The Morgan fingerprint density at radius 2 is 0.517 bits per heavy atom. The van der Waals surface area contributed by atoms with E-state index < -0.39 is 97.5 Å². The van der Waals surface area contributed by atoms with Gasteiger partial charge in [0.15, 0.2) is 12.2 Å². The van der Waals surface area contributed by atoms with Crippen molar-refractivity contribution in [3.05, 3.63) is 0 Å². The maximum atomic E-state index is 13.0. The molecule has 0 aliphatic rings. The fraction of sp³-hybridized carbons (Fsp3) is 0.943. The van der Waals surface area contributed by atoms with Gasteiger partial charge in [-0.2, -0.15) is 0 Å². The van der Waals surface area contributed by atoms with E-state index in [-0.39, 0.29) is 25.7 Å². The Bertz CT molecular complexity index is 1730. The number of carbonyl (C=O) groups is 4. The van der Waals surface area contributed by atoms with Gasteiger partial charge in [0.05, 0.1) is 26.4 Å². The van der Waals surface area contributed by atoms with Crippen molar-refractivity contribution in [3.63, 3.8) is 0 Å². The summed E-state index contributed by atoms with van der Waals surface area (Å²) in [6, 6.07) is 0. The zero-order valence-corrected chi connectivity index (χ0v) is 59.5. The zero-order valence-electron chi connectivity index (χ0n) is 57.7. The second-order valence-corrected chi connectivity index (χ2v) is 29.1. The molecule has 19 heteroatoms. The number of phosphoric acid groups is 2. The van der Waals surface area contributed by atoms with Gasteiger partial charge in [0.2, 0.25) is 0 Å². The Morgan fingerprint density at radius 3 is 0.764 bits per heavy atom. The van der Waals surface area contributed by atoms with Gasteiger partial charge >= 0.3 is 39.5 Å². The van der Waals surface area contributed by atoms with Gasteiger partial charge < -0.3 is 33.8 Å². The summed E-state index contributed by atoms with van der Waals surface area (Å²) in [5.74, 6) is -0.602. The summed E-state index contributed by atoms with van der Waals surface area (Å²) in [6.45, 7) is 9.53. The van der Waals surface area contributed by atoms with Gasteiger partial charge in [-0.3, -0.25) is 37.3 Å². The molecule has 0 radical (unpaired) electrons. The molecule has 0 heterocycles. The van der Waals surface area contributed by atoms with Gasteiger partial charge in [-0.15, -0.1) is 0 Å². The molecule has 528 valence electrons. The first-order chi connectivity index (χ1) is 42.9. The summed E-state index contributed by atoms with van der Waals surface area (Å²) in [7, 11) is -9.90. The van der Waals surface area contributed by atoms with Crippen molar-refractivity contribution in [2.24, 2.45) is 11.8 Å². The van der Waals surface area contributed by atoms with Crippen LogP contribution in [0.5, 0.6) is 0 Å². The largest absolute Gasteiger partial charge is 0.472 e. The minimum atomic E-state index is -4.95. The van der Waals surface area contributed by atoms with Crippen molar-refractivity contribution >= 4 is 39.5 Å². The first-order valence-corrected chi connectivity index (χ1v) is 39.5. The van der Waals surface area contributed by atoms with Crippen LogP contribution in [0.15, 0.2) is 0 Å². The van der Waals surface area contributed by atoms with Crippen molar-refractivity contribution in [1.82, 2.24) is 0 Å². The molecule has 0 aliphatic carbocycles. The summed E-state index contributed by atoms with van der Waals surface area (Å²) in [5, 5.41) is 10.6.